The van der Waals surface area contributed by atoms with Crippen molar-refractivity contribution in [1.29, 1.82) is 0 Å². The third kappa shape index (κ3) is 4.98. The highest BCUT2D eigenvalue weighted by atomic mass is 79.9. The Labute approximate surface area is 142 Å². The van der Waals surface area contributed by atoms with Crippen LogP contribution >= 0.6 is 27.5 Å². The third-order valence-corrected chi connectivity index (χ3v) is 3.80. The van der Waals surface area contributed by atoms with Gasteiger partial charge in [-0.25, -0.2) is 0 Å². The zero-order valence-electron chi connectivity index (χ0n) is 11.7. The Hall–Kier alpha value is -1.63. The molecule has 0 unspecified atom stereocenters. The number of nitrogens with one attached hydrogen (secondary N) is 2. The SMILES string of the molecule is O=[N+]([O-])c1ccc(NCCNCc2cccc(Br)c2)c(Cl)c1. The number of anilines is 1. The molecular weight excluding hydrogens is 370 g/mol. The predicted molar refractivity (Wildman–Crippen MR) is 92.4 cm³/mol. The summed E-state index contributed by atoms with van der Waals surface area (Å²) in [5.74, 6) is 0. The van der Waals surface area contributed by atoms with E-state index >= 15 is 0 Å². The molecule has 0 amide bonds. The number of benzene rings is 2. The maximum atomic E-state index is 10.6. The summed E-state index contributed by atoms with van der Waals surface area (Å²) in [4.78, 5) is 10.2. The van der Waals surface area contributed by atoms with Crippen LogP contribution in [0.2, 0.25) is 5.02 Å². The summed E-state index contributed by atoms with van der Waals surface area (Å²) in [5.41, 5.74) is 1.88. The molecule has 2 rings (SSSR count). The second kappa shape index (κ2) is 8.12. The Balaban J connectivity index is 1.76. The Kier molecular flexibility index (Phi) is 6.18. The van der Waals surface area contributed by atoms with Gasteiger partial charge in [-0.15, -0.1) is 0 Å². The van der Waals surface area contributed by atoms with E-state index in [0.29, 0.717) is 17.3 Å². The molecule has 0 aliphatic rings. The van der Waals surface area contributed by atoms with Crippen molar-refractivity contribution in [2.75, 3.05) is 18.4 Å². The summed E-state index contributed by atoms with van der Waals surface area (Å²) in [6.07, 6.45) is 0. The van der Waals surface area contributed by atoms with Crippen LogP contribution in [0.1, 0.15) is 5.56 Å². The van der Waals surface area contributed by atoms with Crippen molar-refractivity contribution in [3.8, 4) is 0 Å². The van der Waals surface area contributed by atoms with Gasteiger partial charge < -0.3 is 10.6 Å². The molecule has 0 aliphatic heterocycles. The van der Waals surface area contributed by atoms with E-state index in [2.05, 4.69) is 38.7 Å². The number of nitro benzene ring substituents is 1. The number of rotatable bonds is 7. The molecule has 0 aromatic heterocycles. The van der Waals surface area contributed by atoms with E-state index in [9.17, 15) is 10.1 Å². The first-order chi connectivity index (χ1) is 10.6. The van der Waals surface area contributed by atoms with E-state index in [1.807, 2.05) is 12.1 Å². The van der Waals surface area contributed by atoms with E-state index in [-0.39, 0.29) is 5.69 Å². The summed E-state index contributed by atoms with van der Waals surface area (Å²) in [6, 6.07) is 12.5. The fourth-order valence-corrected chi connectivity index (χ4v) is 2.61. The van der Waals surface area contributed by atoms with Gasteiger partial charge in [-0.2, -0.15) is 0 Å². The van der Waals surface area contributed by atoms with E-state index in [1.54, 1.807) is 6.07 Å². The summed E-state index contributed by atoms with van der Waals surface area (Å²) in [6.45, 7) is 2.19. The van der Waals surface area contributed by atoms with Gasteiger partial charge in [-0.1, -0.05) is 39.7 Å². The smallest absolute Gasteiger partial charge is 0.271 e. The zero-order valence-corrected chi connectivity index (χ0v) is 14.0. The maximum Gasteiger partial charge on any atom is 0.271 e. The summed E-state index contributed by atoms with van der Waals surface area (Å²) in [7, 11) is 0. The zero-order chi connectivity index (χ0) is 15.9. The average Bonchev–Trinajstić information content (AvgIpc) is 2.48. The first kappa shape index (κ1) is 16.7. The second-order valence-electron chi connectivity index (χ2n) is 4.65. The van der Waals surface area contributed by atoms with Crippen molar-refractivity contribution in [1.82, 2.24) is 5.32 Å². The molecule has 116 valence electrons. The van der Waals surface area contributed by atoms with Crippen LogP contribution < -0.4 is 10.6 Å². The molecule has 0 aliphatic carbocycles. The lowest BCUT2D eigenvalue weighted by molar-refractivity contribution is -0.384. The van der Waals surface area contributed by atoms with Gasteiger partial charge in [0.25, 0.3) is 5.69 Å². The first-order valence-electron chi connectivity index (χ1n) is 6.69. The molecule has 22 heavy (non-hydrogen) atoms. The Morgan fingerprint density at radius 3 is 2.68 bits per heavy atom. The molecule has 7 heteroatoms. The van der Waals surface area contributed by atoms with Crippen molar-refractivity contribution in [2.45, 2.75) is 6.54 Å². The number of halogens is 2. The topological polar surface area (TPSA) is 67.2 Å². The summed E-state index contributed by atoms with van der Waals surface area (Å²) >= 11 is 9.44. The number of nitrogens with zero attached hydrogens (tertiary/aromatic N) is 1. The minimum atomic E-state index is -0.463. The summed E-state index contributed by atoms with van der Waals surface area (Å²) in [5, 5.41) is 17.4. The van der Waals surface area contributed by atoms with Gasteiger partial charge in [0.15, 0.2) is 0 Å². The largest absolute Gasteiger partial charge is 0.383 e. The van der Waals surface area contributed by atoms with Crippen LogP contribution in [0, 0.1) is 10.1 Å². The number of hydrogen-bond acceptors (Lipinski definition) is 4. The van der Waals surface area contributed by atoms with Crippen molar-refractivity contribution >= 4 is 38.9 Å². The lowest BCUT2D eigenvalue weighted by Crippen LogP contribution is -2.21. The first-order valence-corrected chi connectivity index (χ1v) is 7.86. The van der Waals surface area contributed by atoms with Gasteiger partial charge >= 0.3 is 0 Å². The van der Waals surface area contributed by atoms with Crippen LogP contribution in [0.15, 0.2) is 46.9 Å². The average molecular weight is 385 g/mol. The fraction of sp³-hybridized carbons (Fsp3) is 0.200. The lowest BCUT2D eigenvalue weighted by atomic mass is 10.2. The van der Waals surface area contributed by atoms with Gasteiger partial charge in [0.2, 0.25) is 0 Å². The molecule has 0 atom stereocenters. The van der Waals surface area contributed by atoms with Gasteiger partial charge in [-0.05, 0) is 23.8 Å². The third-order valence-electron chi connectivity index (χ3n) is 3.00. The fourth-order valence-electron chi connectivity index (χ4n) is 1.93. The van der Waals surface area contributed by atoms with Gasteiger partial charge in [0.05, 0.1) is 15.6 Å². The normalized spacial score (nSPS) is 10.5. The molecule has 2 aromatic rings. The van der Waals surface area contributed by atoms with Crippen molar-refractivity contribution in [3.05, 3.63) is 67.6 Å². The Morgan fingerprint density at radius 1 is 1.18 bits per heavy atom. The van der Waals surface area contributed by atoms with Gasteiger partial charge in [-0.3, -0.25) is 10.1 Å². The van der Waals surface area contributed by atoms with Crippen LogP contribution in [0.3, 0.4) is 0 Å². The highest BCUT2D eigenvalue weighted by Gasteiger charge is 2.08. The molecule has 0 radical (unpaired) electrons. The molecule has 0 heterocycles. The molecule has 0 spiro atoms. The van der Waals surface area contributed by atoms with Crippen LogP contribution in [0.5, 0.6) is 0 Å². The molecule has 0 fully saturated rings. The number of hydrogen-bond donors (Lipinski definition) is 2. The quantitative estimate of drug-likeness (QED) is 0.426. The molecular formula is C15H15BrClN3O2. The van der Waals surface area contributed by atoms with Crippen LogP contribution in [0.4, 0.5) is 11.4 Å². The predicted octanol–water partition coefficient (Wildman–Crippen LogP) is 4.21. The van der Waals surface area contributed by atoms with Crippen LogP contribution in [-0.2, 0) is 6.54 Å². The minimum Gasteiger partial charge on any atom is -0.383 e. The molecule has 0 saturated carbocycles. The van der Waals surface area contributed by atoms with Crippen LogP contribution in [0.25, 0.3) is 0 Å². The van der Waals surface area contributed by atoms with Crippen molar-refractivity contribution in [3.63, 3.8) is 0 Å². The standard InChI is InChI=1S/C15H15BrClN3O2/c16-12-3-1-2-11(8-12)10-18-6-7-19-15-5-4-13(20(21)22)9-14(15)17/h1-5,8-9,18-19H,6-7,10H2. The Morgan fingerprint density at radius 2 is 2.00 bits per heavy atom. The second-order valence-corrected chi connectivity index (χ2v) is 5.98. The van der Waals surface area contributed by atoms with Crippen molar-refractivity contribution in [2.24, 2.45) is 0 Å². The number of nitro groups is 1. The Bertz CT molecular complexity index is 667. The monoisotopic (exact) mass is 383 g/mol. The van der Waals surface area contributed by atoms with E-state index < -0.39 is 4.92 Å². The molecule has 5 nitrogen and oxygen atoms in total. The molecule has 2 N–H and O–H groups in total. The van der Waals surface area contributed by atoms with E-state index in [1.165, 1.54) is 17.7 Å². The van der Waals surface area contributed by atoms with E-state index in [0.717, 1.165) is 17.6 Å². The lowest BCUT2D eigenvalue weighted by Gasteiger charge is -2.09. The van der Waals surface area contributed by atoms with E-state index in [4.69, 9.17) is 11.6 Å². The highest BCUT2D eigenvalue weighted by Crippen LogP contribution is 2.26. The highest BCUT2D eigenvalue weighted by molar-refractivity contribution is 9.10. The van der Waals surface area contributed by atoms with Gasteiger partial charge in [0.1, 0.15) is 0 Å². The summed E-state index contributed by atoms with van der Waals surface area (Å²) < 4.78 is 1.06. The van der Waals surface area contributed by atoms with Gasteiger partial charge in [0, 0.05) is 36.2 Å². The minimum absolute atomic E-state index is 0.0108. The van der Waals surface area contributed by atoms with Crippen LogP contribution in [-0.4, -0.2) is 18.0 Å². The van der Waals surface area contributed by atoms with Crippen molar-refractivity contribution < 1.29 is 4.92 Å². The molecule has 0 saturated heterocycles. The maximum absolute atomic E-state index is 10.6. The molecule has 0 bridgehead atoms. The number of non-ortho nitro benzene ring substituents is 1. The molecule has 2 aromatic carbocycles.